The van der Waals surface area contributed by atoms with Crippen LogP contribution >= 0.6 is 0 Å². The van der Waals surface area contributed by atoms with E-state index in [1.165, 1.54) is 0 Å². The minimum absolute atomic E-state index is 0.0943. The Hall–Kier alpha value is -1.90. The molecule has 0 bridgehead atoms. The van der Waals surface area contributed by atoms with Gasteiger partial charge in [0.2, 0.25) is 0 Å². The summed E-state index contributed by atoms with van der Waals surface area (Å²) in [6.45, 7) is 0. The summed E-state index contributed by atoms with van der Waals surface area (Å²) in [5, 5.41) is 9.36. The molecule has 3 nitrogen and oxygen atoms in total. The maximum Gasteiger partial charge on any atom is 0.123 e. The van der Waals surface area contributed by atoms with Gasteiger partial charge in [-0.1, -0.05) is 18.2 Å². The van der Waals surface area contributed by atoms with Gasteiger partial charge >= 0.3 is 0 Å². The van der Waals surface area contributed by atoms with Crippen LogP contribution in [0.2, 0.25) is 0 Å². The van der Waals surface area contributed by atoms with E-state index in [2.05, 4.69) is 4.98 Å². The van der Waals surface area contributed by atoms with Crippen molar-refractivity contribution in [1.29, 1.82) is 5.41 Å². The van der Waals surface area contributed by atoms with Crippen molar-refractivity contribution < 1.29 is 0 Å². The van der Waals surface area contributed by atoms with Crippen LogP contribution in [0.4, 0.5) is 0 Å². The summed E-state index contributed by atoms with van der Waals surface area (Å²) >= 11 is 0. The zero-order valence-corrected chi connectivity index (χ0v) is 6.99. The van der Waals surface area contributed by atoms with E-state index in [9.17, 15) is 0 Å². The predicted octanol–water partition coefficient (Wildman–Crippen LogP) is 1.52. The summed E-state index contributed by atoms with van der Waals surface area (Å²) < 4.78 is 0. The number of rotatable bonds is 1. The smallest absolute Gasteiger partial charge is 0.123 e. The molecule has 0 aliphatic carbocycles. The molecule has 1 aromatic carbocycles. The standard InChI is InChI=1S/C10H9N3/c11-10(12)9-3-1-2-7-6-13-5-4-8(7)9/h1-6H,(H3,11,12). The fourth-order valence-electron chi connectivity index (χ4n) is 1.36. The van der Waals surface area contributed by atoms with Crippen molar-refractivity contribution in [1.82, 2.24) is 4.98 Å². The molecule has 1 aromatic heterocycles. The van der Waals surface area contributed by atoms with Gasteiger partial charge in [0, 0.05) is 23.3 Å². The van der Waals surface area contributed by atoms with Crippen LogP contribution < -0.4 is 5.73 Å². The van der Waals surface area contributed by atoms with Crippen molar-refractivity contribution in [3.05, 3.63) is 42.2 Å². The summed E-state index contributed by atoms with van der Waals surface area (Å²) in [4.78, 5) is 4.00. The van der Waals surface area contributed by atoms with Crippen LogP contribution in [0.5, 0.6) is 0 Å². The average molecular weight is 171 g/mol. The van der Waals surface area contributed by atoms with E-state index < -0.39 is 0 Å². The molecule has 0 spiro atoms. The highest BCUT2D eigenvalue weighted by Crippen LogP contribution is 2.16. The minimum Gasteiger partial charge on any atom is -0.384 e. The second-order valence-electron chi connectivity index (χ2n) is 2.82. The molecule has 0 fully saturated rings. The van der Waals surface area contributed by atoms with E-state index in [0.717, 1.165) is 16.3 Å². The Bertz CT molecular complexity index is 457. The molecule has 0 saturated heterocycles. The van der Waals surface area contributed by atoms with Gasteiger partial charge in [-0.3, -0.25) is 10.4 Å². The minimum atomic E-state index is 0.0943. The van der Waals surface area contributed by atoms with Crippen molar-refractivity contribution in [2.45, 2.75) is 0 Å². The number of nitrogens with one attached hydrogen (secondary N) is 1. The van der Waals surface area contributed by atoms with E-state index in [1.54, 1.807) is 12.4 Å². The monoisotopic (exact) mass is 171 g/mol. The fourth-order valence-corrected chi connectivity index (χ4v) is 1.36. The van der Waals surface area contributed by atoms with E-state index in [1.807, 2.05) is 24.3 Å². The van der Waals surface area contributed by atoms with Gasteiger partial charge in [-0.25, -0.2) is 0 Å². The Labute approximate surface area is 75.7 Å². The maximum absolute atomic E-state index is 7.37. The van der Waals surface area contributed by atoms with Gasteiger partial charge in [-0.2, -0.15) is 0 Å². The highest BCUT2D eigenvalue weighted by atomic mass is 14.7. The van der Waals surface area contributed by atoms with Crippen molar-refractivity contribution in [2.75, 3.05) is 0 Å². The highest BCUT2D eigenvalue weighted by Gasteiger charge is 2.01. The Morgan fingerprint density at radius 2 is 2.15 bits per heavy atom. The van der Waals surface area contributed by atoms with Crippen LogP contribution in [0.3, 0.4) is 0 Å². The average Bonchev–Trinajstić information content (AvgIpc) is 2.17. The molecule has 0 atom stereocenters. The number of amidine groups is 1. The lowest BCUT2D eigenvalue weighted by molar-refractivity contribution is 1.36. The highest BCUT2D eigenvalue weighted by molar-refractivity contribution is 6.07. The van der Waals surface area contributed by atoms with E-state index in [0.29, 0.717) is 0 Å². The van der Waals surface area contributed by atoms with Crippen LogP contribution in [-0.4, -0.2) is 10.8 Å². The molecule has 0 amide bonds. The van der Waals surface area contributed by atoms with E-state index >= 15 is 0 Å². The molecule has 0 radical (unpaired) electrons. The summed E-state index contributed by atoms with van der Waals surface area (Å²) in [7, 11) is 0. The molecule has 2 rings (SSSR count). The molecule has 0 unspecified atom stereocenters. The third kappa shape index (κ3) is 1.24. The Morgan fingerprint density at radius 3 is 2.92 bits per heavy atom. The number of pyridine rings is 1. The van der Waals surface area contributed by atoms with Crippen molar-refractivity contribution in [3.8, 4) is 0 Å². The topological polar surface area (TPSA) is 62.8 Å². The van der Waals surface area contributed by atoms with Crippen LogP contribution in [0.25, 0.3) is 10.8 Å². The van der Waals surface area contributed by atoms with Gasteiger partial charge in [0.25, 0.3) is 0 Å². The van der Waals surface area contributed by atoms with Gasteiger partial charge in [-0.15, -0.1) is 0 Å². The predicted molar refractivity (Wildman–Crippen MR) is 52.8 cm³/mol. The maximum atomic E-state index is 7.37. The van der Waals surface area contributed by atoms with Crippen LogP contribution in [0, 0.1) is 5.41 Å². The first-order valence-electron chi connectivity index (χ1n) is 3.96. The molecule has 0 aliphatic rings. The molecular formula is C10H9N3. The number of nitrogens with zero attached hydrogens (tertiary/aromatic N) is 1. The zero-order valence-electron chi connectivity index (χ0n) is 6.99. The third-order valence-corrected chi connectivity index (χ3v) is 1.97. The van der Waals surface area contributed by atoms with Gasteiger partial charge in [0.15, 0.2) is 0 Å². The molecule has 0 saturated carbocycles. The molecule has 3 heteroatoms. The number of fused-ring (bicyclic) bond motifs is 1. The normalized spacial score (nSPS) is 10.2. The number of nitrogen functional groups attached to an aromatic ring is 1. The molecule has 3 N–H and O–H groups in total. The quantitative estimate of drug-likeness (QED) is 0.504. The first-order valence-corrected chi connectivity index (χ1v) is 3.96. The van der Waals surface area contributed by atoms with E-state index in [-0.39, 0.29) is 5.84 Å². The number of aromatic nitrogens is 1. The first-order chi connectivity index (χ1) is 6.29. The second-order valence-corrected chi connectivity index (χ2v) is 2.82. The summed E-state index contributed by atoms with van der Waals surface area (Å²) in [6, 6.07) is 7.53. The van der Waals surface area contributed by atoms with Gasteiger partial charge in [0.05, 0.1) is 0 Å². The lowest BCUT2D eigenvalue weighted by Crippen LogP contribution is -2.11. The largest absolute Gasteiger partial charge is 0.384 e. The summed E-state index contributed by atoms with van der Waals surface area (Å²) in [6.07, 6.45) is 3.47. The van der Waals surface area contributed by atoms with E-state index in [4.69, 9.17) is 11.1 Å². The van der Waals surface area contributed by atoms with Crippen LogP contribution in [0.15, 0.2) is 36.7 Å². The second kappa shape index (κ2) is 2.86. The molecule has 64 valence electrons. The lowest BCUT2D eigenvalue weighted by atomic mass is 10.1. The van der Waals surface area contributed by atoms with Gasteiger partial charge < -0.3 is 5.73 Å². The van der Waals surface area contributed by atoms with Gasteiger partial charge in [0.1, 0.15) is 5.84 Å². The molecule has 0 aliphatic heterocycles. The Morgan fingerprint density at radius 1 is 1.31 bits per heavy atom. The van der Waals surface area contributed by atoms with Crippen LogP contribution in [0.1, 0.15) is 5.56 Å². The fraction of sp³-hybridized carbons (Fsp3) is 0. The Kier molecular flexibility index (Phi) is 1.70. The first kappa shape index (κ1) is 7.73. The Balaban J connectivity index is 2.83. The zero-order chi connectivity index (χ0) is 9.26. The number of benzene rings is 1. The molecule has 2 aromatic rings. The summed E-state index contributed by atoms with van der Waals surface area (Å²) in [5.41, 5.74) is 6.21. The third-order valence-electron chi connectivity index (χ3n) is 1.97. The van der Waals surface area contributed by atoms with Crippen molar-refractivity contribution in [2.24, 2.45) is 5.73 Å². The molecular weight excluding hydrogens is 162 g/mol. The number of hydrogen-bond donors (Lipinski definition) is 2. The molecule has 13 heavy (non-hydrogen) atoms. The van der Waals surface area contributed by atoms with Gasteiger partial charge in [-0.05, 0) is 11.5 Å². The molecule has 1 heterocycles. The lowest BCUT2D eigenvalue weighted by Gasteiger charge is -2.02. The van der Waals surface area contributed by atoms with Crippen LogP contribution in [-0.2, 0) is 0 Å². The number of hydrogen-bond acceptors (Lipinski definition) is 2. The summed E-state index contributed by atoms with van der Waals surface area (Å²) in [5.74, 6) is 0.0943. The SMILES string of the molecule is N=C(N)c1cccc2cnccc12. The number of nitrogens with two attached hydrogens (primary N) is 1. The van der Waals surface area contributed by atoms with Crippen molar-refractivity contribution >= 4 is 16.6 Å². The van der Waals surface area contributed by atoms with Crippen molar-refractivity contribution in [3.63, 3.8) is 0 Å².